The minimum atomic E-state index is -3.52. The van der Waals surface area contributed by atoms with Gasteiger partial charge in [0, 0.05) is 31.0 Å². The van der Waals surface area contributed by atoms with Gasteiger partial charge in [0.2, 0.25) is 10.0 Å². The number of piperidine rings is 1. The molecule has 0 bridgehead atoms. The third-order valence-corrected chi connectivity index (χ3v) is 6.59. The van der Waals surface area contributed by atoms with Crippen molar-refractivity contribution >= 4 is 21.6 Å². The fourth-order valence-electron chi connectivity index (χ4n) is 2.86. The van der Waals surface area contributed by atoms with Crippen LogP contribution in [0.25, 0.3) is 0 Å². The SMILES string of the molecule is Cc1c(Cl)cccc1S(=O)(=O)N1CCC2(CC1)OCCO2. The van der Waals surface area contributed by atoms with Crippen LogP contribution in [0, 0.1) is 6.92 Å². The Morgan fingerprint density at radius 3 is 2.43 bits per heavy atom. The van der Waals surface area contributed by atoms with E-state index in [1.807, 2.05) is 0 Å². The molecule has 0 aliphatic carbocycles. The highest BCUT2D eigenvalue weighted by molar-refractivity contribution is 7.89. The van der Waals surface area contributed by atoms with Crippen molar-refractivity contribution in [2.75, 3.05) is 26.3 Å². The van der Waals surface area contributed by atoms with Gasteiger partial charge in [-0.05, 0) is 24.6 Å². The summed E-state index contributed by atoms with van der Waals surface area (Å²) in [5.74, 6) is -0.574. The average molecular weight is 332 g/mol. The van der Waals surface area contributed by atoms with Crippen LogP contribution in [0.2, 0.25) is 5.02 Å². The lowest BCUT2D eigenvalue weighted by molar-refractivity contribution is -0.179. The smallest absolute Gasteiger partial charge is 0.243 e. The van der Waals surface area contributed by atoms with E-state index in [1.54, 1.807) is 25.1 Å². The Morgan fingerprint density at radius 1 is 1.19 bits per heavy atom. The van der Waals surface area contributed by atoms with Crippen LogP contribution in [-0.2, 0) is 19.5 Å². The molecule has 3 rings (SSSR count). The first-order valence-electron chi connectivity index (χ1n) is 6.98. The zero-order chi connectivity index (χ0) is 15.1. The van der Waals surface area contributed by atoms with Gasteiger partial charge in [-0.15, -0.1) is 0 Å². The number of rotatable bonds is 2. The van der Waals surface area contributed by atoms with E-state index < -0.39 is 15.8 Å². The Balaban J connectivity index is 1.82. The molecular formula is C14H18ClNO4S. The second-order valence-electron chi connectivity index (χ2n) is 5.37. The molecule has 21 heavy (non-hydrogen) atoms. The third kappa shape index (κ3) is 2.71. The van der Waals surface area contributed by atoms with E-state index in [-0.39, 0.29) is 4.90 Å². The van der Waals surface area contributed by atoms with Crippen molar-refractivity contribution in [3.63, 3.8) is 0 Å². The summed E-state index contributed by atoms with van der Waals surface area (Å²) in [7, 11) is -3.52. The van der Waals surface area contributed by atoms with Crippen molar-refractivity contribution < 1.29 is 17.9 Å². The molecule has 1 aromatic rings. The second kappa shape index (κ2) is 5.52. The summed E-state index contributed by atoms with van der Waals surface area (Å²) in [6.07, 6.45) is 1.12. The highest BCUT2D eigenvalue weighted by atomic mass is 35.5. The molecule has 0 N–H and O–H groups in total. The largest absolute Gasteiger partial charge is 0.347 e. The Kier molecular flexibility index (Phi) is 4.00. The number of hydrogen-bond donors (Lipinski definition) is 0. The maximum Gasteiger partial charge on any atom is 0.243 e. The summed E-state index contributed by atoms with van der Waals surface area (Å²) < 4.78 is 38.2. The summed E-state index contributed by atoms with van der Waals surface area (Å²) in [5, 5.41) is 0.465. The fraction of sp³-hybridized carbons (Fsp3) is 0.571. The van der Waals surface area contributed by atoms with E-state index in [2.05, 4.69) is 0 Å². The van der Waals surface area contributed by atoms with Gasteiger partial charge in [-0.1, -0.05) is 17.7 Å². The third-order valence-electron chi connectivity index (χ3n) is 4.13. The van der Waals surface area contributed by atoms with Crippen molar-refractivity contribution in [3.8, 4) is 0 Å². The lowest BCUT2D eigenvalue weighted by Crippen LogP contribution is -2.47. The topological polar surface area (TPSA) is 55.8 Å². The molecule has 116 valence electrons. The van der Waals surface area contributed by atoms with Gasteiger partial charge >= 0.3 is 0 Å². The molecule has 2 fully saturated rings. The predicted octanol–water partition coefficient (Wildman–Crippen LogP) is 2.18. The molecule has 0 atom stereocenters. The van der Waals surface area contributed by atoms with Crippen LogP contribution in [0.3, 0.4) is 0 Å². The Labute approximate surface area is 129 Å². The molecule has 1 aromatic carbocycles. The van der Waals surface area contributed by atoms with Crippen molar-refractivity contribution in [2.45, 2.75) is 30.4 Å². The van der Waals surface area contributed by atoms with Gasteiger partial charge in [-0.3, -0.25) is 0 Å². The van der Waals surface area contributed by atoms with Gasteiger partial charge < -0.3 is 9.47 Å². The highest BCUT2D eigenvalue weighted by Gasteiger charge is 2.42. The normalized spacial score (nSPS) is 22.8. The van der Waals surface area contributed by atoms with Crippen molar-refractivity contribution in [2.24, 2.45) is 0 Å². The van der Waals surface area contributed by atoms with E-state index in [1.165, 1.54) is 4.31 Å². The second-order valence-corrected chi connectivity index (χ2v) is 7.69. The van der Waals surface area contributed by atoms with E-state index >= 15 is 0 Å². The molecule has 0 saturated carbocycles. The van der Waals surface area contributed by atoms with E-state index in [0.717, 1.165) is 0 Å². The summed E-state index contributed by atoms with van der Waals surface area (Å²) in [5.41, 5.74) is 0.591. The predicted molar refractivity (Wildman–Crippen MR) is 78.8 cm³/mol. The van der Waals surface area contributed by atoms with Gasteiger partial charge in [0.1, 0.15) is 0 Å². The quantitative estimate of drug-likeness (QED) is 0.833. The van der Waals surface area contributed by atoms with Gasteiger partial charge in [0.05, 0.1) is 18.1 Å². The van der Waals surface area contributed by atoms with Gasteiger partial charge in [0.15, 0.2) is 5.79 Å². The van der Waals surface area contributed by atoms with Crippen LogP contribution in [0.15, 0.2) is 23.1 Å². The first kappa shape index (κ1) is 15.2. The Hall–Kier alpha value is -0.660. The molecule has 2 aliphatic rings. The van der Waals surface area contributed by atoms with Crippen LogP contribution in [0.4, 0.5) is 0 Å². The van der Waals surface area contributed by atoms with Gasteiger partial charge in [0.25, 0.3) is 0 Å². The van der Waals surface area contributed by atoms with Crippen LogP contribution >= 0.6 is 11.6 Å². The fourth-order valence-corrected chi connectivity index (χ4v) is 4.78. The van der Waals surface area contributed by atoms with Crippen LogP contribution in [0.1, 0.15) is 18.4 Å². The first-order chi connectivity index (χ1) is 9.95. The highest BCUT2D eigenvalue weighted by Crippen LogP contribution is 2.34. The lowest BCUT2D eigenvalue weighted by Gasteiger charge is -2.37. The Morgan fingerprint density at radius 2 is 1.81 bits per heavy atom. The maximum absolute atomic E-state index is 12.7. The minimum Gasteiger partial charge on any atom is -0.347 e. The molecule has 5 nitrogen and oxygen atoms in total. The Bertz CT molecular complexity index is 630. The summed E-state index contributed by atoms with van der Waals surface area (Å²) in [4.78, 5) is 0.277. The molecular weight excluding hydrogens is 314 g/mol. The van der Waals surface area contributed by atoms with Gasteiger partial charge in [-0.25, -0.2) is 8.42 Å². The average Bonchev–Trinajstić information content (AvgIpc) is 2.90. The maximum atomic E-state index is 12.7. The monoisotopic (exact) mass is 331 g/mol. The number of hydrogen-bond acceptors (Lipinski definition) is 4. The first-order valence-corrected chi connectivity index (χ1v) is 8.80. The summed E-state index contributed by atoms with van der Waals surface area (Å²) >= 11 is 6.03. The lowest BCUT2D eigenvalue weighted by atomic mass is 10.1. The van der Waals surface area contributed by atoms with Gasteiger partial charge in [-0.2, -0.15) is 4.31 Å². The minimum absolute atomic E-state index is 0.277. The number of ether oxygens (including phenoxy) is 2. The van der Waals surface area contributed by atoms with Crippen molar-refractivity contribution in [1.29, 1.82) is 0 Å². The van der Waals surface area contributed by atoms with E-state index in [0.29, 0.717) is 49.7 Å². The zero-order valence-electron chi connectivity index (χ0n) is 11.8. The van der Waals surface area contributed by atoms with Crippen LogP contribution in [-0.4, -0.2) is 44.8 Å². The standard InChI is InChI=1S/C14H18ClNO4S/c1-11-12(15)3-2-4-13(11)21(17,18)16-7-5-14(6-8-16)19-9-10-20-14/h2-4H,5-10H2,1H3. The molecule has 7 heteroatoms. The van der Waals surface area contributed by atoms with E-state index in [9.17, 15) is 8.42 Å². The number of sulfonamides is 1. The van der Waals surface area contributed by atoms with Crippen LogP contribution < -0.4 is 0 Å². The molecule has 0 radical (unpaired) electrons. The molecule has 2 heterocycles. The molecule has 1 spiro atoms. The summed E-state index contributed by atoms with van der Waals surface area (Å²) in [6.45, 7) is 3.69. The summed E-state index contributed by atoms with van der Waals surface area (Å²) in [6, 6.07) is 4.96. The number of nitrogens with zero attached hydrogens (tertiary/aromatic N) is 1. The zero-order valence-corrected chi connectivity index (χ0v) is 13.4. The molecule has 2 aliphatic heterocycles. The number of benzene rings is 1. The number of halogens is 1. The van der Waals surface area contributed by atoms with Crippen molar-refractivity contribution in [3.05, 3.63) is 28.8 Å². The molecule has 2 saturated heterocycles. The molecule has 0 aromatic heterocycles. The molecule has 0 unspecified atom stereocenters. The van der Waals surface area contributed by atoms with E-state index in [4.69, 9.17) is 21.1 Å². The van der Waals surface area contributed by atoms with Crippen molar-refractivity contribution in [1.82, 2.24) is 4.31 Å². The molecule has 0 amide bonds. The van der Waals surface area contributed by atoms with Crippen LogP contribution in [0.5, 0.6) is 0 Å².